The summed E-state index contributed by atoms with van der Waals surface area (Å²) in [6.07, 6.45) is -0.222. The van der Waals surface area contributed by atoms with Gasteiger partial charge >= 0.3 is 12.1 Å². The Kier molecular flexibility index (Phi) is 3.97. The lowest BCUT2D eigenvalue weighted by Gasteiger charge is -2.16. The number of amides is 1. The summed E-state index contributed by atoms with van der Waals surface area (Å²) in [5, 5.41) is 11.8. The zero-order chi connectivity index (χ0) is 14.8. The maximum absolute atomic E-state index is 11.7. The van der Waals surface area contributed by atoms with E-state index < -0.39 is 17.6 Å². The van der Waals surface area contributed by atoms with Crippen LogP contribution in [0.5, 0.6) is 0 Å². The normalized spacial score (nSPS) is 24.2. The lowest BCUT2D eigenvalue weighted by molar-refractivity contribution is -0.141. The molecule has 5 nitrogen and oxygen atoms in total. The zero-order valence-corrected chi connectivity index (χ0v) is 11.6. The fourth-order valence-electron chi connectivity index (χ4n) is 2.48. The first kappa shape index (κ1) is 14.4. The van der Waals surface area contributed by atoms with Crippen LogP contribution in [-0.4, -0.2) is 22.7 Å². The number of carboxylic acids is 1. The standard InChI is InChI=1S/C15H19NO4/c1-10(2)12-8-15(12,13(17)18)16-14(19)20-9-11-6-4-3-5-7-11/h3-7,10,12H,8-9H2,1-2H3,(H,16,19)(H,17,18)/t12-,15+/m1/s1. The molecule has 2 atom stereocenters. The highest BCUT2D eigenvalue weighted by atomic mass is 16.5. The Hall–Kier alpha value is -2.04. The maximum Gasteiger partial charge on any atom is 0.408 e. The summed E-state index contributed by atoms with van der Waals surface area (Å²) in [5.41, 5.74) is -0.287. The number of alkyl carbamates (subject to hydrolysis) is 1. The van der Waals surface area contributed by atoms with E-state index in [1.165, 1.54) is 0 Å². The number of hydrogen-bond donors (Lipinski definition) is 2. The fourth-order valence-corrected chi connectivity index (χ4v) is 2.48. The predicted octanol–water partition coefficient (Wildman–Crippen LogP) is 2.41. The summed E-state index contributed by atoms with van der Waals surface area (Å²) in [7, 11) is 0. The number of carboxylic acid groups (broad SMARTS) is 1. The van der Waals surface area contributed by atoms with E-state index in [0.29, 0.717) is 6.42 Å². The molecule has 2 rings (SSSR count). The first-order valence-corrected chi connectivity index (χ1v) is 6.68. The first-order valence-electron chi connectivity index (χ1n) is 6.68. The van der Waals surface area contributed by atoms with Crippen LogP contribution in [0, 0.1) is 11.8 Å². The van der Waals surface area contributed by atoms with E-state index in [2.05, 4.69) is 5.32 Å². The molecule has 1 aromatic carbocycles. The van der Waals surface area contributed by atoms with Gasteiger partial charge in [0, 0.05) is 0 Å². The molecule has 1 aliphatic carbocycles. The van der Waals surface area contributed by atoms with Crippen molar-refractivity contribution in [2.24, 2.45) is 11.8 Å². The van der Waals surface area contributed by atoms with Crippen LogP contribution in [0.15, 0.2) is 30.3 Å². The third-order valence-electron chi connectivity index (χ3n) is 3.74. The summed E-state index contributed by atoms with van der Waals surface area (Å²) in [4.78, 5) is 23.1. The molecule has 1 amide bonds. The smallest absolute Gasteiger partial charge is 0.408 e. The first-order chi connectivity index (χ1) is 9.45. The van der Waals surface area contributed by atoms with Gasteiger partial charge in [0.1, 0.15) is 12.1 Å². The molecule has 108 valence electrons. The third-order valence-corrected chi connectivity index (χ3v) is 3.74. The van der Waals surface area contributed by atoms with Crippen molar-refractivity contribution in [2.45, 2.75) is 32.4 Å². The van der Waals surface area contributed by atoms with E-state index in [0.717, 1.165) is 5.56 Å². The summed E-state index contributed by atoms with van der Waals surface area (Å²) in [5.74, 6) is -0.822. The summed E-state index contributed by atoms with van der Waals surface area (Å²) in [6.45, 7) is 4.04. The molecule has 0 heterocycles. The van der Waals surface area contributed by atoms with Crippen molar-refractivity contribution in [2.75, 3.05) is 0 Å². The van der Waals surface area contributed by atoms with Gasteiger partial charge in [0.05, 0.1) is 0 Å². The topological polar surface area (TPSA) is 75.6 Å². The van der Waals surface area contributed by atoms with Gasteiger partial charge in [0.2, 0.25) is 0 Å². The average Bonchev–Trinajstić information content (AvgIpc) is 3.14. The number of benzene rings is 1. The SMILES string of the molecule is CC(C)[C@H]1C[C@@]1(NC(=O)OCc1ccccc1)C(=O)O. The van der Waals surface area contributed by atoms with E-state index in [1.807, 2.05) is 44.2 Å². The molecule has 1 saturated carbocycles. The van der Waals surface area contributed by atoms with Gasteiger partial charge in [-0.1, -0.05) is 44.2 Å². The number of nitrogens with one attached hydrogen (secondary N) is 1. The molecule has 5 heteroatoms. The number of rotatable bonds is 5. The Morgan fingerprint density at radius 2 is 2.05 bits per heavy atom. The number of carbonyl (C=O) groups excluding carboxylic acids is 1. The molecule has 2 N–H and O–H groups in total. The summed E-state index contributed by atoms with van der Waals surface area (Å²) < 4.78 is 5.07. The molecule has 1 fully saturated rings. The van der Waals surface area contributed by atoms with E-state index in [9.17, 15) is 14.7 Å². The Labute approximate surface area is 117 Å². The summed E-state index contributed by atoms with van der Waals surface area (Å²) >= 11 is 0. The number of carbonyl (C=O) groups is 2. The molecule has 0 unspecified atom stereocenters. The third kappa shape index (κ3) is 2.92. The number of hydrogen-bond acceptors (Lipinski definition) is 3. The fraction of sp³-hybridized carbons (Fsp3) is 0.467. The van der Waals surface area contributed by atoms with Crippen LogP contribution in [0.2, 0.25) is 0 Å². The minimum absolute atomic E-state index is 0.0377. The summed E-state index contributed by atoms with van der Waals surface area (Å²) in [6, 6.07) is 9.26. The van der Waals surface area contributed by atoms with Gasteiger partial charge in [0.15, 0.2) is 0 Å². The monoisotopic (exact) mass is 277 g/mol. The van der Waals surface area contributed by atoms with Gasteiger partial charge in [0.25, 0.3) is 0 Å². The molecule has 1 aromatic rings. The second kappa shape index (κ2) is 5.53. The largest absolute Gasteiger partial charge is 0.479 e. The van der Waals surface area contributed by atoms with Gasteiger partial charge in [-0.25, -0.2) is 9.59 Å². The Bertz CT molecular complexity index is 500. The van der Waals surface area contributed by atoms with Crippen molar-refractivity contribution in [3.8, 4) is 0 Å². The molecule has 0 bridgehead atoms. The minimum Gasteiger partial charge on any atom is -0.479 e. The van der Waals surface area contributed by atoms with Gasteiger partial charge in [-0.2, -0.15) is 0 Å². The van der Waals surface area contributed by atoms with Crippen molar-refractivity contribution in [1.29, 1.82) is 0 Å². The van der Waals surface area contributed by atoms with E-state index in [4.69, 9.17) is 4.74 Å². The molecule has 0 radical (unpaired) electrons. The lowest BCUT2D eigenvalue weighted by Crippen LogP contribution is -2.45. The molecule has 0 aromatic heterocycles. The quantitative estimate of drug-likeness (QED) is 0.866. The number of ether oxygens (including phenoxy) is 1. The van der Waals surface area contributed by atoms with Crippen LogP contribution < -0.4 is 5.32 Å². The second-order valence-electron chi connectivity index (χ2n) is 5.52. The van der Waals surface area contributed by atoms with Crippen LogP contribution in [0.3, 0.4) is 0 Å². The van der Waals surface area contributed by atoms with Crippen LogP contribution >= 0.6 is 0 Å². The van der Waals surface area contributed by atoms with Crippen molar-refractivity contribution in [3.63, 3.8) is 0 Å². The molecular weight excluding hydrogens is 258 g/mol. The van der Waals surface area contributed by atoms with Crippen molar-refractivity contribution >= 4 is 12.1 Å². The Morgan fingerprint density at radius 3 is 2.55 bits per heavy atom. The van der Waals surface area contributed by atoms with E-state index in [-0.39, 0.29) is 18.4 Å². The zero-order valence-electron chi connectivity index (χ0n) is 11.6. The van der Waals surface area contributed by atoms with Gasteiger partial charge in [-0.15, -0.1) is 0 Å². The van der Waals surface area contributed by atoms with Crippen LogP contribution in [0.25, 0.3) is 0 Å². The van der Waals surface area contributed by atoms with Crippen molar-refractivity contribution in [3.05, 3.63) is 35.9 Å². The maximum atomic E-state index is 11.7. The van der Waals surface area contributed by atoms with Gasteiger partial charge in [-0.3, -0.25) is 0 Å². The molecular formula is C15H19NO4. The number of aliphatic carboxylic acids is 1. The van der Waals surface area contributed by atoms with Crippen molar-refractivity contribution in [1.82, 2.24) is 5.32 Å². The molecule has 0 spiro atoms. The van der Waals surface area contributed by atoms with Crippen LogP contribution in [0.4, 0.5) is 4.79 Å². The predicted molar refractivity (Wildman–Crippen MR) is 73.1 cm³/mol. The van der Waals surface area contributed by atoms with Crippen LogP contribution in [-0.2, 0) is 16.1 Å². The minimum atomic E-state index is -1.15. The Morgan fingerprint density at radius 1 is 1.40 bits per heavy atom. The average molecular weight is 277 g/mol. The highest BCUT2D eigenvalue weighted by molar-refractivity contribution is 5.88. The van der Waals surface area contributed by atoms with Crippen LogP contribution in [0.1, 0.15) is 25.8 Å². The lowest BCUT2D eigenvalue weighted by atomic mass is 10.0. The molecule has 1 aliphatic rings. The van der Waals surface area contributed by atoms with Crippen molar-refractivity contribution < 1.29 is 19.4 Å². The van der Waals surface area contributed by atoms with E-state index in [1.54, 1.807) is 0 Å². The highest BCUT2D eigenvalue weighted by Gasteiger charge is 2.62. The molecule has 0 saturated heterocycles. The Balaban J connectivity index is 1.89. The van der Waals surface area contributed by atoms with Gasteiger partial charge in [-0.05, 0) is 23.8 Å². The van der Waals surface area contributed by atoms with Gasteiger partial charge < -0.3 is 15.2 Å². The highest BCUT2D eigenvalue weighted by Crippen LogP contribution is 2.48. The van der Waals surface area contributed by atoms with E-state index >= 15 is 0 Å². The molecule has 20 heavy (non-hydrogen) atoms. The molecule has 0 aliphatic heterocycles. The second-order valence-corrected chi connectivity index (χ2v) is 5.52.